The lowest BCUT2D eigenvalue weighted by Crippen LogP contribution is -2.54. The molecule has 1 aromatic rings. The molecule has 0 atom stereocenters. The smallest absolute Gasteiger partial charge is 0.402 e. The fourth-order valence-electron chi connectivity index (χ4n) is 2.69. The first-order valence-corrected chi connectivity index (χ1v) is 9.09. The summed E-state index contributed by atoms with van der Waals surface area (Å²) >= 11 is 3.83. The molecule has 0 bridgehead atoms. The number of amidine groups is 1. The van der Waals surface area contributed by atoms with Crippen molar-refractivity contribution in [2.75, 3.05) is 26.2 Å². The van der Waals surface area contributed by atoms with Crippen molar-refractivity contribution in [2.24, 2.45) is 15.9 Å². The van der Waals surface area contributed by atoms with Gasteiger partial charge in [0.15, 0.2) is 11.6 Å². The predicted molar refractivity (Wildman–Crippen MR) is 108 cm³/mol. The van der Waals surface area contributed by atoms with Crippen LogP contribution in [0.2, 0.25) is 0 Å². The van der Waals surface area contributed by atoms with Crippen molar-refractivity contribution in [3.05, 3.63) is 46.9 Å². The number of nitrogens with zero attached hydrogens (tertiary/aromatic N) is 4. The highest BCUT2D eigenvalue weighted by Crippen LogP contribution is 2.19. The van der Waals surface area contributed by atoms with Gasteiger partial charge in [0.25, 0.3) is 0 Å². The van der Waals surface area contributed by atoms with E-state index in [2.05, 4.69) is 35.0 Å². The molecule has 0 radical (unpaired) electrons. The Kier molecular flexibility index (Phi) is 9.62. The second kappa shape index (κ2) is 11.4. The maximum atomic E-state index is 13.7. The van der Waals surface area contributed by atoms with Gasteiger partial charge in [-0.15, -0.1) is 5.10 Å². The Hall–Kier alpha value is -2.96. The van der Waals surface area contributed by atoms with Crippen molar-refractivity contribution in [1.29, 1.82) is 0 Å². The molecule has 0 aliphatic carbocycles. The van der Waals surface area contributed by atoms with Crippen LogP contribution in [0.3, 0.4) is 0 Å². The van der Waals surface area contributed by atoms with Gasteiger partial charge in [0.2, 0.25) is 5.91 Å². The molecular weight excluding hydrogens is 448 g/mol. The van der Waals surface area contributed by atoms with Gasteiger partial charge in [0.1, 0.15) is 18.2 Å². The maximum Gasteiger partial charge on any atom is 0.405 e. The van der Waals surface area contributed by atoms with Gasteiger partial charge in [-0.05, 0) is 17.5 Å². The van der Waals surface area contributed by atoms with E-state index in [1.807, 2.05) is 0 Å². The summed E-state index contributed by atoms with van der Waals surface area (Å²) in [5.41, 5.74) is 5.29. The molecule has 0 unspecified atom stereocenters. The molecule has 6 nitrogen and oxygen atoms in total. The van der Waals surface area contributed by atoms with Crippen LogP contribution in [0.15, 0.2) is 34.1 Å². The maximum absolute atomic E-state index is 13.7. The van der Waals surface area contributed by atoms with Gasteiger partial charge in [-0.1, -0.05) is 12.2 Å². The van der Waals surface area contributed by atoms with Crippen LogP contribution in [0.1, 0.15) is 5.56 Å². The van der Waals surface area contributed by atoms with E-state index < -0.39 is 36.1 Å². The molecule has 0 spiro atoms. The van der Waals surface area contributed by atoms with Crippen LogP contribution in [0, 0.1) is 17.5 Å². The zero-order valence-electron chi connectivity index (χ0n) is 16.1. The second-order valence-electron chi connectivity index (χ2n) is 6.21. The van der Waals surface area contributed by atoms with Crippen LogP contribution in [-0.4, -0.2) is 66.5 Å². The number of carbonyl (C=O) groups excluding carboxylic acids is 1. The van der Waals surface area contributed by atoms with Crippen LogP contribution in [0.4, 0.5) is 26.3 Å². The first-order valence-electron chi connectivity index (χ1n) is 8.51. The second-order valence-corrected chi connectivity index (χ2v) is 6.21. The minimum Gasteiger partial charge on any atom is -0.402 e. The summed E-state index contributed by atoms with van der Waals surface area (Å²) in [6, 6.07) is 0.997. The van der Waals surface area contributed by atoms with Crippen molar-refractivity contribution < 1.29 is 31.1 Å². The average molecular weight is 467 g/mol. The number of piperazine rings is 1. The van der Waals surface area contributed by atoms with Crippen LogP contribution in [-0.2, 0) is 11.2 Å². The van der Waals surface area contributed by atoms with E-state index in [4.69, 9.17) is 5.73 Å². The summed E-state index contributed by atoms with van der Waals surface area (Å²) in [7, 11) is 0. The minimum atomic E-state index is -4.47. The van der Waals surface area contributed by atoms with Crippen molar-refractivity contribution in [2.45, 2.75) is 12.6 Å². The number of hydrogen-bond acceptors (Lipinski definition) is 5. The van der Waals surface area contributed by atoms with E-state index in [-0.39, 0.29) is 43.2 Å². The van der Waals surface area contributed by atoms with E-state index in [0.717, 1.165) is 11.0 Å². The predicted octanol–water partition coefficient (Wildman–Crippen LogP) is 2.83. The third-order valence-corrected chi connectivity index (χ3v) is 4.00. The molecule has 13 heteroatoms. The quantitative estimate of drug-likeness (QED) is 0.181. The highest BCUT2D eigenvalue weighted by atomic mass is 32.1. The standard InChI is InChI=1S/C17H17F6N5O.CH2S/c1-25-26-15-8-27(2-3-28(15)9-17(21,22)23)16(29)6-11(24)4-10-5-13(19)14(20)7-12(10)18;1-2/h5-7H,1-4,8-9,24H2;1H2/b11-6-,26-15-;. The Bertz CT molecular complexity index is 874. The third-order valence-electron chi connectivity index (χ3n) is 4.00. The molecule has 170 valence electrons. The number of amides is 1. The summed E-state index contributed by atoms with van der Waals surface area (Å²) in [6.07, 6.45) is -3.88. The lowest BCUT2D eigenvalue weighted by molar-refractivity contribution is -0.140. The number of carbonyl (C=O) groups is 1. The molecular formula is C18H19F6N5OS. The summed E-state index contributed by atoms with van der Waals surface area (Å²) in [6.45, 7) is 1.38. The number of hydrogen-bond donors (Lipinski definition) is 1. The Morgan fingerprint density at radius 2 is 1.77 bits per heavy atom. The number of alkyl halides is 3. The van der Waals surface area contributed by atoms with Crippen LogP contribution >= 0.6 is 12.2 Å². The Morgan fingerprint density at radius 3 is 2.35 bits per heavy atom. The molecule has 1 aromatic carbocycles. The molecule has 1 aliphatic rings. The third kappa shape index (κ3) is 8.00. The van der Waals surface area contributed by atoms with Crippen molar-refractivity contribution in [3.63, 3.8) is 0 Å². The fourth-order valence-corrected chi connectivity index (χ4v) is 2.69. The molecule has 2 N–H and O–H groups in total. The zero-order valence-corrected chi connectivity index (χ0v) is 16.9. The topological polar surface area (TPSA) is 74.3 Å². The van der Waals surface area contributed by atoms with Crippen LogP contribution < -0.4 is 5.73 Å². The number of nitrogens with two attached hydrogens (primary N) is 1. The number of halogens is 6. The molecule has 0 aromatic heterocycles. The lowest BCUT2D eigenvalue weighted by atomic mass is 10.1. The van der Waals surface area contributed by atoms with E-state index in [9.17, 15) is 31.1 Å². The number of allylic oxidation sites excluding steroid dienone is 1. The van der Waals surface area contributed by atoms with Crippen molar-refractivity contribution in [3.8, 4) is 0 Å². The Balaban J connectivity index is 0.00000233. The van der Waals surface area contributed by atoms with Gasteiger partial charge in [-0.3, -0.25) is 4.79 Å². The Labute approximate surface area is 179 Å². The molecule has 1 fully saturated rings. The zero-order chi connectivity index (χ0) is 23.8. The number of benzene rings is 1. The molecule has 1 heterocycles. The van der Waals surface area contributed by atoms with E-state index in [1.165, 1.54) is 4.90 Å². The van der Waals surface area contributed by atoms with Gasteiger partial charge in [0.05, 0.1) is 6.54 Å². The molecule has 1 amide bonds. The summed E-state index contributed by atoms with van der Waals surface area (Å²) in [4.78, 5) is 14.5. The highest BCUT2D eigenvalue weighted by Gasteiger charge is 2.35. The minimum absolute atomic E-state index is 0.0472. The summed E-state index contributed by atoms with van der Waals surface area (Å²) in [5, 5.41) is 6.76. The van der Waals surface area contributed by atoms with Gasteiger partial charge in [0, 0.05) is 44.1 Å². The van der Waals surface area contributed by atoms with Crippen LogP contribution in [0.25, 0.3) is 0 Å². The van der Waals surface area contributed by atoms with E-state index >= 15 is 0 Å². The first-order chi connectivity index (χ1) is 14.5. The van der Waals surface area contributed by atoms with Gasteiger partial charge in [-0.2, -0.15) is 18.3 Å². The first kappa shape index (κ1) is 26.1. The molecule has 1 aliphatic heterocycles. The monoisotopic (exact) mass is 467 g/mol. The summed E-state index contributed by atoms with van der Waals surface area (Å²) < 4.78 is 77.8. The average Bonchev–Trinajstić information content (AvgIpc) is 2.68. The molecule has 1 saturated heterocycles. The van der Waals surface area contributed by atoms with E-state index in [1.54, 1.807) is 0 Å². The van der Waals surface area contributed by atoms with Crippen LogP contribution in [0.5, 0.6) is 0 Å². The number of rotatable bonds is 5. The summed E-state index contributed by atoms with van der Waals surface area (Å²) in [5.74, 6) is -1.58. The highest BCUT2D eigenvalue weighted by molar-refractivity contribution is 7.77. The van der Waals surface area contributed by atoms with Gasteiger partial charge < -0.3 is 15.5 Å². The largest absolute Gasteiger partial charge is 0.405 e. The van der Waals surface area contributed by atoms with Gasteiger partial charge >= 0.3 is 6.18 Å². The normalized spacial score (nSPS) is 16.1. The SMILES string of the molecule is C=N/N=C1/CN(C(=O)/C=C(\N)Cc2cc(F)c(F)cc2F)CCN1CC(F)(F)F.C=S. The van der Waals surface area contributed by atoms with Crippen molar-refractivity contribution in [1.82, 2.24) is 9.80 Å². The molecule has 0 saturated carbocycles. The van der Waals surface area contributed by atoms with Crippen molar-refractivity contribution >= 4 is 36.5 Å². The van der Waals surface area contributed by atoms with E-state index in [0.29, 0.717) is 12.1 Å². The molecule has 2 rings (SSSR count). The molecule has 31 heavy (non-hydrogen) atoms. The van der Waals surface area contributed by atoms with Gasteiger partial charge in [-0.25, -0.2) is 13.2 Å². The fraction of sp³-hybridized carbons (Fsp3) is 0.333. The lowest BCUT2D eigenvalue weighted by Gasteiger charge is -2.36. The Morgan fingerprint density at radius 1 is 1.16 bits per heavy atom. The number of thiocarbonyl (C=S) groups is 1.